The lowest BCUT2D eigenvalue weighted by Crippen LogP contribution is -2.48. The molecule has 0 radical (unpaired) electrons. The second-order valence-electron chi connectivity index (χ2n) is 2.86. The first-order valence-electron chi connectivity index (χ1n) is 4.02. The summed E-state index contributed by atoms with van der Waals surface area (Å²) in [5.74, 6) is 0. The maximum atomic E-state index is 9.21. The Labute approximate surface area is 87.4 Å². The molecule has 0 heterocycles. The molecule has 0 fully saturated rings. The van der Waals surface area contributed by atoms with E-state index in [4.69, 9.17) is 20.4 Å². The van der Waals surface area contributed by atoms with Crippen molar-refractivity contribution in [1.29, 1.82) is 0 Å². The van der Waals surface area contributed by atoms with Crippen molar-refractivity contribution < 1.29 is 36.5 Å². The van der Waals surface area contributed by atoms with Crippen molar-refractivity contribution >= 4 is 0 Å². The summed E-state index contributed by atoms with van der Waals surface area (Å²) in [6.07, 6.45) is -5.65. The zero-order chi connectivity index (χ0) is 10.4. The molecule has 96 valence electrons. The molecule has 15 heavy (non-hydrogen) atoms. The molecule has 0 rings (SSSR count). The van der Waals surface area contributed by atoms with Crippen molar-refractivity contribution in [3.8, 4) is 0 Å². The molecule has 0 aromatic heterocycles. The van der Waals surface area contributed by atoms with Crippen LogP contribution in [0.2, 0.25) is 0 Å². The second-order valence-corrected chi connectivity index (χ2v) is 2.86. The smallest absolute Gasteiger partial charge is 0.111 e. The normalized spacial score (nSPS) is 18.0. The van der Waals surface area contributed by atoms with E-state index in [0.29, 0.717) is 0 Å². The number of aliphatic hydroxyl groups excluding tert-OH is 5. The van der Waals surface area contributed by atoms with Gasteiger partial charge >= 0.3 is 0 Å². The van der Waals surface area contributed by atoms with Gasteiger partial charge in [-0.25, -0.2) is 0 Å². The maximum Gasteiger partial charge on any atom is 0.111 e. The topological polar surface area (TPSA) is 176 Å². The molecule has 4 atom stereocenters. The molecule has 8 nitrogen and oxygen atoms in total. The van der Waals surface area contributed by atoms with Gasteiger partial charge in [0.1, 0.15) is 18.3 Å². The van der Waals surface area contributed by atoms with E-state index in [1.54, 1.807) is 7.05 Å². The number of nitrogens with one attached hydrogen (secondary N) is 1. The van der Waals surface area contributed by atoms with Gasteiger partial charge in [-0.1, -0.05) is 0 Å². The molecule has 10 N–H and O–H groups in total. The lowest BCUT2D eigenvalue weighted by molar-refractivity contribution is -0.113. The largest absolute Gasteiger partial charge is 0.412 e. The first-order valence-corrected chi connectivity index (χ1v) is 4.02. The van der Waals surface area contributed by atoms with Crippen LogP contribution in [0.5, 0.6) is 0 Å². The van der Waals surface area contributed by atoms with E-state index in [1.807, 2.05) is 0 Å². The van der Waals surface area contributed by atoms with E-state index in [2.05, 4.69) is 5.32 Å². The Kier molecular flexibility index (Phi) is 13.7. The van der Waals surface area contributed by atoms with E-state index in [0.717, 1.165) is 0 Å². The summed E-state index contributed by atoms with van der Waals surface area (Å²) < 4.78 is 0. The summed E-state index contributed by atoms with van der Waals surface area (Å²) in [6.45, 7) is -0.569. The number of hydrogen-bond donors (Lipinski definition) is 6. The summed E-state index contributed by atoms with van der Waals surface area (Å²) in [5, 5.41) is 47.5. The first kappa shape index (κ1) is 20.1. The van der Waals surface area contributed by atoms with Crippen molar-refractivity contribution in [3.05, 3.63) is 0 Å². The van der Waals surface area contributed by atoms with Crippen LogP contribution >= 0.6 is 0 Å². The Hall–Kier alpha value is -0.320. The van der Waals surface area contributed by atoms with Gasteiger partial charge in [0.25, 0.3) is 0 Å². The molecular formula is C7H21NO7. The lowest BCUT2D eigenvalue weighted by atomic mass is 10.0. The Morgan fingerprint density at radius 2 is 1.33 bits per heavy atom. The standard InChI is InChI=1S/C7H17NO5.2H2O/c1-8-2-4(10)6(12)7(13)5(11)3-9;;/h4-13H,2-3H2,1H3;2*1H2/t4-,5+,6+,7+;;/m0../s1. The van der Waals surface area contributed by atoms with Crippen molar-refractivity contribution in [2.24, 2.45) is 0 Å². The lowest BCUT2D eigenvalue weighted by Gasteiger charge is -2.25. The predicted molar refractivity (Wildman–Crippen MR) is 52.3 cm³/mol. The third-order valence-electron chi connectivity index (χ3n) is 1.74. The van der Waals surface area contributed by atoms with E-state index in [-0.39, 0.29) is 17.5 Å². The third kappa shape index (κ3) is 6.71. The van der Waals surface area contributed by atoms with E-state index in [1.165, 1.54) is 0 Å². The van der Waals surface area contributed by atoms with Gasteiger partial charge in [-0.2, -0.15) is 0 Å². The summed E-state index contributed by atoms with van der Waals surface area (Å²) in [6, 6.07) is 0. The average Bonchev–Trinajstić information content (AvgIpc) is 2.14. The van der Waals surface area contributed by atoms with Crippen LogP contribution in [0.1, 0.15) is 0 Å². The fourth-order valence-electron chi connectivity index (χ4n) is 0.893. The minimum absolute atomic E-state index is 0. The zero-order valence-electron chi connectivity index (χ0n) is 8.46. The molecule has 0 saturated heterocycles. The Balaban J connectivity index is -0.000000720. The fraction of sp³-hybridized carbons (Fsp3) is 1.00. The summed E-state index contributed by atoms with van der Waals surface area (Å²) in [5.41, 5.74) is 0. The molecule has 0 saturated carbocycles. The predicted octanol–water partition coefficient (Wildman–Crippen LogP) is -5.01. The number of likely N-dealkylation sites (N-methyl/N-ethyl adjacent to an activating group) is 1. The van der Waals surface area contributed by atoms with Gasteiger partial charge in [-0.3, -0.25) is 0 Å². The van der Waals surface area contributed by atoms with Crippen molar-refractivity contribution in [2.75, 3.05) is 20.2 Å². The fourth-order valence-corrected chi connectivity index (χ4v) is 0.893. The monoisotopic (exact) mass is 231 g/mol. The van der Waals surface area contributed by atoms with E-state index < -0.39 is 31.0 Å². The number of rotatable bonds is 6. The SMILES string of the molecule is CNC[C@H](O)[C@@H](O)[C@H](O)[C@H](O)CO.O.O. The molecule has 0 unspecified atom stereocenters. The van der Waals surface area contributed by atoms with Gasteiger partial charge in [0, 0.05) is 6.54 Å². The van der Waals surface area contributed by atoms with E-state index >= 15 is 0 Å². The van der Waals surface area contributed by atoms with Gasteiger partial charge < -0.3 is 41.8 Å². The molecule has 0 amide bonds. The quantitative estimate of drug-likeness (QED) is 0.266. The average molecular weight is 231 g/mol. The highest BCUT2D eigenvalue weighted by atomic mass is 16.4. The summed E-state index contributed by atoms with van der Waals surface area (Å²) >= 11 is 0. The van der Waals surface area contributed by atoms with E-state index in [9.17, 15) is 5.11 Å². The molecule has 0 aliphatic carbocycles. The van der Waals surface area contributed by atoms with Gasteiger partial charge in [-0.05, 0) is 7.05 Å². The van der Waals surface area contributed by atoms with Crippen LogP contribution in [-0.2, 0) is 0 Å². The summed E-state index contributed by atoms with van der Waals surface area (Å²) in [4.78, 5) is 0. The minimum atomic E-state index is -1.55. The summed E-state index contributed by atoms with van der Waals surface area (Å²) in [7, 11) is 1.57. The second kappa shape index (κ2) is 10.2. The van der Waals surface area contributed by atoms with Crippen LogP contribution in [0.15, 0.2) is 0 Å². The van der Waals surface area contributed by atoms with Gasteiger partial charge in [0.2, 0.25) is 0 Å². The van der Waals surface area contributed by atoms with Crippen LogP contribution in [-0.4, -0.2) is 81.1 Å². The van der Waals surface area contributed by atoms with Crippen molar-refractivity contribution in [1.82, 2.24) is 5.32 Å². The first-order chi connectivity index (χ1) is 6.04. The van der Waals surface area contributed by atoms with Crippen molar-refractivity contribution in [2.45, 2.75) is 24.4 Å². The van der Waals surface area contributed by atoms with Crippen LogP contribution < -0.4 is 5.32 Å². The Bertz CT molecular complexity index is 137. The van der Waals surface area contributed by atoms with Crippen LogP contribution in [0.4, 0.5) is 0 Å². The highest BCUT2D eigenvalue weighted by Crippen LogP contribution is 2.04. The number of hydrogen-bond acceptors (Lipinski definition) is 6. The van der Waals surface area contributed by atoms with Crippen LogP contribution in [0, 0.1) is 0 Å². The van der Waals surface area contributed by atoms with Crippen molar-refractivity contribution in [3.63, 3.8) is 0 Å². The molecule has 8 heteroatoms. The highest BCUT2D eigenvalue weighted by molar-refractivity contribution is 4.81. The third-order valence-corrected chi connectivity index (χ3v) is 1.74. The van der Waals surface area contributed by atoms with Gasteiger partial charge in [0.05, 0.1) is 12.7 Å². The maximum absolute atomic E-state index is 9.21. The van der Waals surface area contributed by atoms with Gasteiger partial charge in [-0.15, -0.1) is 0 Å². The molecule has 0 aromatic carbocycles. The molecule has 0 bridgehead atoms. The molecule has 0 aliphatic heterocycles. The molecule has 0 spiro atoms. The van der Waals surface area contributed by atoms with Crippen LogP contribution in [0.3, 0.4) is 0 Å². The highest BCUT2D eigenvalue weighted by Gasteiger charge is 2.29. The number of aliphatic hydroxyl groups is 5. The zero-order valence-corrected chi connectivity index (χ0v) is 8.46. The molecular weight excluding hydrogens is 210 g/mol. The Morgan fingerprint density at radius 3 is 1.67 bits per heavy atom. The minimum Gasteiger partial charge on any atom is -0.412 e. The Morgan fingerprint density at radius 1 is 0.933 bits per heavy atom. The molecule has 0 aliphatic rings. The van der Waals surface area contributed by atoms with Gasteiger partial charge in [0.15, 0.2) is 0 Å². The van der Waals surface area contributed by atoms with Crippen LogP contribution in [0.25, 0.3) is 0 Å². The molecule has 0 aromatic rings.